The highest BCUT2D eigenvalue weighted by Gasteiger charge is 2.02. The van der Waals surface area contributed by atoms with Gasteiger partial charge < -0.3 is 14.8 Å². The number of hydrogen-bond acceptors (Lipinski definition) is 3. The van der Waals surface area contributed by atoms with E-state index in [4.69, 9.17) is 9.47 Å². The Bertz CT molecular complexity index is 620. The fourth-order valence-corrected chi connectivity index (χ4v) is 2.09. The molecule has 0 bridgehead atoms. The van der Waals surface area contributed by atoms with Crippen LogP contribution in [0.3, 0.4) is 0 Å². The highest BCUT2D eigenvalue weighted by molar-refractivity contribution is 5.57. The van der Waals surface area contributed by atoms with Gasteiger partial charge in [-0.25, -0.2) is 0 Å². The van der Waals surface area contributed by atoms with Crippen LogP contribution < -0.4 is 14.8 Å². The van der Waals surface area contributed by atoms with Crippen LogP contribution in [0, 0.1) is 6.92 Å². The molecule has 0 fully saturated rings. The van der Waals surface area contributed by atoms with E-state index < -0.39 is 0 Å². The summed E-state index contributed by atoms with van der Waals surface area (Å²) in [5, 5.41) is 3.39. The molecule has 21 heavy (non-hydrogen) atoms. The van der Waals surface area contributed by atoms with Gasteiger partial charge in [0.05, 0.1) is 14.2 Å². The van der Waals surface area contributed by atoms with Crippen molar-refractivity contribution in [3.05, 3.63) is 59.7 Å². The van der Waals surface area contributed by atoms with Gasteiger partial charge in [-0.3, -0.25) is 0 Å². The highest BCUT2D eigenvalue weighted by Crippen LogP contribution is 2.27. The predicted molar refractivity (Wildman–Crippen MR) is 88.2 cm³/mol. The van der Waals surface area contributed by atoms with Crippen LogP contribution in [-0.2, 0) is 0 Å². The normalized spacial score (nSPS) is 10.6. The number of rotatable bonds is 6. The van der Waals surface area contributed by atoms with Crippen molar-refractivity contribution in [3.63, 3.8) is 0 Å². The Balaban J connectivity index is 1.97. The van der Waals surface area contributed by atoms with Crippen LogP contribution >= 0.6 is 0 Å². The molecule has 0 heterocycles. The van der Waals surface area contributed by atoms with Crippen LogP contribution in [0.5, 0.6) is 11.5 Å². The first-order chi connectivity index (χ1) is 10.2. The molecule has 110 valence electrons. The van der Waals surface area contributed by atoms with Gasteiger partial charge in [0.25, 0.3) is 0 Å². The molecule has 3 nitrogen and oxygen atoms in total. The monoisotopic (exact) mass is 283 g/mol. The topological polar surface area (TPSA) is 30.5 Å². The third-order valence-electron chi connectivity index (χ3n) is 3.27. The van der Waals surface area contributed by atoms with E-state index in [9.17, 15) is 0 Å². The van der Waals surface area contributed by atoms with Gasteiger partial charge in [0, 0.05) is 12.2 Å². The Morgan fingerprint density at radius 1 is 1.00 bits per heavy atom. The molecular formula is C18H21NO2. The fourth-order valence-electron chi connectivity index (χ4n) is 2.09. The van der Waals surface area contributed by atoms with Crippen molar-refractivity contribution in [3.8, 4) is 11.5 Å². The number of anilines is 1. The maximum Gasteiger partial charge on any atom is 0.161 e. The molecule has 0 radical (unpaired) electrons. The molecule has 0 saturated heterocycles. The molecule has 2 rings (SSSR count). The summed E-state index contributed by atoms with van der Waals surface area (Å²) in [6, 6.07) is 14.1. The number of para-hydroxylation sites is 1. The summed E-state index contributed by atoms with van der Waals surface area (Å²) in [6.45, 7) is 2.87. The smallest absolute Gasteiger partial charge is 0.161 e. The van der Waals surface area contributed by atoms with Crippen LogP contribution in [0.1, 0.15) is 11.1 Å². The molecule has 0 amide bonds. The molecule has 0 saturated carbocycles. The molecule has 0 aliphatic heterocycles. The Kier molecular flexibility index (Phi) is 5.27. The standard InChI is InChI=1S/C18H21NO2/c1-14-7-4-5-9-16(14)19-12-6-8-15-10-11-17(20-2)18(13-15)21-3/h4-11,13,19H,12H2,1-3H3. The number of aryl methyl sites for hydroxylation is 1. The number of nitrogens with one attached hydrogen (secondary N) is 1. The van der Waals surface area contributed by atoms with Gasteiger partial charge in [0.15, 0.2) is 11.5 Å². The Hall–Kier alpha value is -2.42. The molecule has 0 aliphatic carbocycles. The molecule has 3 heteroatoms. The molecule has 0 aromatic heterocycles. The van der Waals surface area contributed by atoms with E-state index in [1.807, 2.05) is 30.3 Å². The first-order valence-electron chi connectivity index (χ1n) is 6.92. The first kappa shape index (κ1) is 15.0. The number of hydrogen-bond donors (Lipinski definition) is 1. The van der Waals surface area contributed by atoms with E-state index in [0.717, 1.165) is 29.3 Å². The van der Waals surface area contributed by atoms with Crippen molar-refractivity contribution < 1.29 is 9.47 Å². The highest BCUT2D eigenvalue weighted by atomic mass is 16.5. The number of methoxy groups -OCH3 is 2. The fraction of sp³-hybridized carbons (Fsp3) is 0.222. The molecule has 0 aliphatic rings. The SMILES string of the molecule is COc1ccc(C=CCNc2ccccc2C)cc1OC. The van der Waals surface area contributed by atoms with Gasteiger partial charge in [-0.2, -0.15) is 0 Å². The minimum Gasteiger partial charge on any atom is -0.493 e. The second-order valence-corrected chi connectivity index (χ2v) is 4.71. The molecule has 2 aromatic carbocycles. The molecule has 0 atom stereocenters. The summed E-state index contributed by atoms with van der Waals surface area (Å²) in [5.41, 5.74) is 3.49. The molecule has 1 N–H and O–H groups in total. The molecule has 0 spiro atoms. The zero-order chi connectivity index (χ0) is 15.1. The van der Waals surface area contributed by atoms with Gasteiger partial charge in [-0.15, -0.1) is 0 Å². The molecular weight excluding hydrogens is 262 g/mol. The minimum absolute atomic E-state index is 0.742. The van der Waals surface area contributed by atoms with E-state index in [0.29, 0.717) is 0 Å². The predicted octanol–water partition coefficient (Wildman–Crippen LogP) is 4.14. The third-order valence-corrected chi connectivity index (χ3v) is 3.27. The van der Waals surface area contributed by atoms with E-state index in [-0.39, 0.29) is 0 Å². The van der Waals surface area contributed by atoms with Gasteiger partial charge in [0.1, 0.15) is 0 Å². The average molecular weight is 283 g/mol. The summed E-state index contributed by atoms with van der Waals surface area (Å²) in [6.07, 6.45) is 4.15. The number of benzene rings is 2. The summed E-state index contributed by atoms with van der Waals surface area (Å²) >= 11 is 0. The van der Waals surface area contributed by atoms with E-state index in [2.05, 4.69) is 36.5 Å². The zero-order valence-corrected chi connectivity index (χ0v) is 12.7. The second kappa shape index (κ2) is 7.39. The maximum atomic E-state index is 5.29. The first-order valence-corrected chi connectivity index (χ1v) is 6.92. The van der Waals surface area contributed by atoms with Crippen molar-refractivity contribution in [1.82, 2.24) is 0 Å². The lowest BCUT2D eigenvalue weighted by atomic mass is 10.2. The van der Waals surface area contributed by atoms with Crippen LogP contribution in [0.25, 0.3) is 6.08 Å². The van der Waals surface area contributed by atoms with Crippen LogP contribution in [0.2, 0.25) is 0 Å². The van der Waals surface area contributed by atoms with Crippen LogP contribution in [0.4, 0.5) is 5.69 Å². The average Bonchev–Trinajstić information content (AvgIpc) is 2.52. The maximum absolute atomic E-state index is 5.29. The lowest BCUT2D eigenvalue weighted by molar-refractivity contribution is 0.355. The minimum atomic E-state index is 0.742. The largest absolute Gasteiger partial charge is 0.493 e. The van der Waals surface area contributed by atoms with Crippen molar-refractivity contribution >= 4 is 11.8 Å². The Morgan fingerprint density at radius 3 is 2.48 bits per heavy atom. The quantitative estimate of drug-likeness (QED) is 0.864. The second-order valence-electron chi connectivity index (χ2n) is 4.71. The lowest BCUT2D eigenvalue weighted by Crippen LogP contribution is -1.99. The van der Waals surface area contributed by atoms with Gasteiger partial charge in [-0.05, 0) is 36.2 Å². The van der Waals surface area contributed by atoms with Crippen LogP contribution in [-0.4, -0.2) is 20.8 Å². The van der Waals surface area contributed by atoms with Gasteiger partial charge >= 0.3 is 0 Å². The van der Waals surface area contributed by atoms with Crippen molar-refractivity contribution in [2.45, 2.75) is 6.92 Å². The zero-order valence-electron chi connectivity index (χ0n) is 12.7. The van der Waals surface area contributed by atoms with Crippen molar-refractivity contribution in [2.75, 3.05) is 26.1 Å². The van der Waals surface area contributed by atoms with Crippen LogP contribution in [0.15, 0.2) is 48.5 Å². The van der Waals surface area contributed by atoms with Gasteiger partial charge in [-0.1, -0.05) is 36.4 Å². The number of ether oxygens (including phenoxy) is 2. The lowest BCUT2D eigenvalue weighted by Gasteiger charge is -2.08. The molecule has 2 aromatic rings. The van der Waals surface area contributed by atoms with E-state index >= 15 is 0 Å². The summed E-state index contributed by atoms with van der Waals surface area (Å²) < 4.78 is 10.5. The third kappa shape index (κ3) is 4.02. The van der Waals surface area contributed by atoms with E-state index in [1.165, 1.54) is 5.56 Å². The summed E-state index contributed by atoms with van der Waals surface area (Å²) in [5.74, 6) is 1.49. The van der Waals surface area contributed by atoms with Crippen molar-refractivity contribution in [1.29, 1.82) is 0 Å². The Labute approximate surface area is 126 Å². The Morgan fingerprint density at radius 2 is 1.76 bits per heavy atom. The molecule has 0 unspecified atom stereocenters. The van der Waals surface area contributed by atoms with Crippen molar-refractivity contribution in [2.24, 2.45) is 0 Å². The van der Waals surface area contributed by atoms with E-state index in [1.54, 1.807) is 14.2 Å². The summed E-state index contributed by atoms with van der Waals surface area (Å²) in [7, 11) is 3.28. The summed E-state index contributed by atoms with van der Waals surface area (Å²) in [4.78, 5) is 0. The van der Waals surface area contributed by atoms with Gasteiger partial charge in [0.2, 0.25) is 0 Å².